The number of benzene rings is 2. The molecular weight excluding hydrogens is 344 g/mol. The third-order valence-corrected chi connectivity index (χ3v) is 4.34. The number of carbonyl (C=O) groups excluding carboxylic acids is 2. The van der Waals surface area contributed by atoms with Gasteiger partial charge in [0, 0.05) is 5.56 Å². The van der Waals surface area contributed by atoms with Crippen molar-refractivity contribution in [3.8, 4) is 11.5 Å². The first-order chi connectivity index (χ1) is 12.8. The van der Waals surface area contributed by atoms with E-state index in [1.54, 1.807) is 14.0 Å². The second kappa shape index (κ2) is 9.07. The number of amides is 2. The molecule has 6 nitrogen and oxygen atoms in total. The van der Waals surface area contributed by atoms with Crippen molar-refractivity contribution in [1.82, 2.24) is 10.9 Å². The van der Waals surface area contributed by atoms with Crippen molar-refractivity contribution in [3.05, 3.63) is 58.7 Å². The lowest BCUT2D eigenvalue weighted by Gasteiger charge is -2.17. The van der Waals surface area contributed by atoms with Crippen molar-refractivity contribution in [2.75, 3.05) is 7.11 Å². The highest BCUT2D eigenvalue weighted by Gasteiger charge is 2.17. The Kier molecular flexibility index (Phi) is 6.82. The zero-order chi connectivity index (χ0) is 20.0. The fraction of sp³-hybridized carbons (Fsp3) is 0.333. The molecule has 2 N–H and O–H groups in total. The number of hydrazine groups is 1. The second-order valence-electron chi connectivity index (χ2n) is 6.49. The number of aryl methyl sites for hydroxylation is 2. The van der Waals surface area contributed by atoms with Crippen LogP contribution in [0.25, 0.3) is 0 Å². The summed E-state index contributed by atoms with van der Waals surface area (Å²) in [6.45, 7) is 7.49. The number of ether oxygens (including phenoxy) is 2. The fourth-order valence-corrected chi connectivity index (χ4v) is 2.59. The monoisotopic (exact) mass is 370 g/mol. The zero-order valence-electron chi connectivity index (χ0n) is 16.4. The first-order valence-electron chi connectivity index (χ1n) is 8.77. The highest BCUT2D eigenvalue weighted by atomic mass is 16.5. The van der Waals surface area contributed by atoms with Crippen LogP contribution in [-0.4, -0.2) is 25.0 Å². The Bertz CT molecular complexity index is 833. The van der Waals surface area contributed by atoms with Gasteiger partial charge in [-0.05, 0) is 51.0 Å². The van der Waals surface area contributed by atoms with Gasteiger partial charge in [-0.25, -0.2) is 0 Å². The molecule has 2 amide bonds. The van der Waals surface area contributed by atoms with Crippen LogP contribution < -0.4 is 20.3 Å². The number of hydrogen-bond acceptors (Lipinski definition) is 4. The Morgan fingerprint density at radius 1 is 1.04 bits per heavy atom. The highest BCUT2D eigenvalue weighted by molar-refractivity contribution is 5.85. The van der Waals surface area contributed by atoms with Crippen molar-refractivity contribution < 1.29 is 19.1 Å². The molecule has 144 valence electrons. The molecule has 0 bridgehead atoms. The molecule has 0 aliphatic carbocycles. The molecule has 2 aromatic carbocycles. The SMILES string of the molecule is COc1ccc(C)cc1CC(=O)NNC(=O)[C@H](C)Oc1cccc(C)c1C. The van der Waals surface area contributed by atoms with E-state index in [4.69, 9.17) is 9.47 Å². The van der Waals surface area contributed by atoms with Gasteiger partial charge < -0.3 is 9.47 Å². The molecule has 1 atom stereocenters. The van der Waals surface area contributed by atoms with E-state index in [1.165, 1.54) is 0 Å². The lowest BCUT2D eigenvalue weighted by Crippen LogP contribution is -2.47. The first-order valence-corrected chi connectivity index (χ1v) is 8.77. The van der Waals surface area contributed by atoms with E-state index < -0.39 is 12.0 Å². The number of carbonyl (C=O) groups is 2. The van der Waals surface area contributed by atoms with E-state index in [1.807, 2.05) is 57.2 Å². The quantitative estimate of drug-likeness (QED) is 0.767. The molecule has 0 saturated heterocycles. The lowest BCUT2D eigenvalue weighted by atomic mass is 10.1. The maximum absolute atomic E-state index is 12.2. The molecule has 27 heavy (non-hydrogen) atoms. The second-order valence-corrected chi connectivity index (χ2v) is 6.49. The lowest BCUT2D eigenvalue weighted by molar-refractivity contribution is -0.132. The van der Waals surface area contributed by atoms with Crippen LogP contribution >= 0.6 is 0 Å². The van der Waals surface area contributed by atoms with Gasteiger partial charge in [-0.3, -0.25) is 20.4 Å². The molecular formula is C21H26N2O4. The van der Waals surface area contributed by atoms with Crippen LogP contribution in [-0.2, 0) is 16.0 Å². The Balaban J connectivity index is 1.90. The minimum atomic E-state index is -0.751. The highest BCUT2D eigenvalue weighted by Crippen LogP contribution is 2.22. The Morgan fingerprint density at radius 3 is 2.48 bits per heavy atom. The summed E-state index contributed by atoms with van der Waals surface area (Å²) in [6.07, 6.45) is -0.656. The van der Waals surface area contributed by atoms with Crippen LogP contribution in [0.4, 0.5) is 0 Å². The minimum Gasteiger partial charge on any atom is -0.496 e. The normalized spacial score (nSPS) is 11.4. The van der Waals surface area contributed by atoms with E-state index in [9.17, 15) is 9.59 Å². The van der Waals surface area contributed by atoms with Crippen molar-refractivity contribution in [1.29, 1.82) is 0 Å². The van der Waals surface area contributed by atoms with E-state index in [2.05, 4.69) is 10.9 Å². The standard InChI is InChI=1S/C21H26N2O4/c1-13-9-10-19(26-5)17(11-13)12-20(24)22-23-21(25)16(4)27-18-8-6-7-14(2)15(18)3/h6-11,16H,12H2,1-5H3,(H,22,24)(H,23,25)/t16-/m0/s1. The third kappa shape index (κ3) is 5.48. The maximum atomic E-state index is 12.2. The maximum Gasteiger partial charge on any atom is 0.279 e. The van der Waals surface area contributed by atoms with Gasteiger partial charge in [0.15, 0.2) is 6.10 Å². The number of hydrogen-bond donors (Lipinski definition) is 2. The average Bonchev–Trinajstić information content (AvgIpc) is 2.63. The van der Waals surface area contributed by atoms with Gasteiger partial charge in [0.1, 0.15) is 11.5 Å². The van der Waals surface area contributed by atoms with Crippen LogP contribution in [0.2, 0.25) is 0 Å². The summed E-state index contributed by atoms with van der Waals surface area (Å²) in [5, 5.41) is 0. The van der Waals surface area contributed by atoms with E-state index >= 15 is 0 Å². The number of nitrogens with one attached hydrogen (secondary N) is 2. The molecule has 0 heterocycles. The summed E-state index contributed by atoms with van der Waals surface area (Å²) in [6, 6.07) is 11.3. The van der Waals surface area contributed by atoms with Crippen LogP contribution in [0, 0.1) is 20.8 Å². The molecule has 0 aromatic heterocycles. The van der Waals surface area contributed by atoms with E-state index in [0.29, 0.717) is 11.5 Å². The smallest absolute Gasteiger partial charge is 0.279 e. The van der Waals surface area contributed by atoms with Gasteiger partial charge >= 0.3 is 0 Å². The van der Waals surface area contributed by atoms with Crippen molar-refractivity contribution in [3.63, 3.8) is 0 Å². The summed E-state index contributed by atoms with van der Waals surface area (Å²) in [7, 11) is 1.56. The van der Waals surface area contributed by atoms with Gasteiger partial charge in [0.2, 0.25) is 5.91 Å². The van der Waals surface area contributed by atoms with Crippen molar-refractivity contribution >= 4 is 11.8 Å². The predicted molar refractivity (Wildman–Crippen MR) is 104 cm³/mol. The largest absolute Gasteiger partial charge is 0.496 e. The van der Waals surface area contributed by atoms with Crippen molar-refractivity contribution in [2.24, 2.45) is 0 Å². The van der Waals surface area contributed by atoms with Crippen LogP contribution in [0.5, 0.6) is 11.5 Å². The summed E-state index contributed by atoms with van der Waals surface area (Å²) < 4.78 is 11.0. The summed E-state index contributed by atoms with van der Waals surface area (Å²) in [4.78, 5) is 24.4. The molecule has 2 aromatic rings. The van der Waals surface area contributed by atoms with Gasteiger partial charge in [0.25, 0.3) is 5.91 Å². The molecule has 0 aliphatic rings. The van der Waals surface area contributed by atoms with Crippen LogP contribution in [0.1, 0.15) is 29.2 Å². The molecule has 0 saturated carbocycles. The topological polar surface area (TPSA) is 76.7 Å². The molecule has 0 fully saturated rings. The molecule has 0 spiro atoms. The van der Waals surface area contributed by atoms with Crippen LogP contribution in [0.3, 0.4) is 0 Å². The van der Waals surface area contributed by atoms with Crippen molar-refractivity contribution in [2.45, 2.75) is 40.2 Å². The Labute approximate surface area is 159 Å². The third-order valence-electron chi connectivity index (χ3n) is 4.34. The number of methoxy groups -OCH3 is 1. The molecule has 2 rings (SSSR count). The molecule has 0 aliphatic heterocycles. The average molecular weight is 370 g/mol. The molecule has 0 radical (unpaired) electrons. The number of rotatable bonds is 6. The van der Waals surface area contributed by atoms with E-state index in [-0.39, 0.29) is 12.3 Å². The molecule has 6 heteroatoms. The van der Waals surface area contributed by atoms with E-state index in [0.717, 1.165) is 22.3 Å². The van der Waals surface area contributed by atoms with Gasteiger partial charge in [-0.1, -0.05) is 29.8 Å². The Hall–Kier alpha value is -3.02. The van der Waals surface area contributed by atoms with Crippen LogP contribution in [0.15, 0.2) is 36.4 Å². The Morgan fingerprint density at radius 2 is 1.78 bits per heavy atom. The fourth-order valence-electron chi connectivity index (χ4n) is 2.59. The molecule has 0 unspecified atom stereocenters. The predicted octanol–water partition coefficient (Wildman–Crippen LogP) is 2.78. The van der Waals surface area contributed by atoms with Gasteiger partial charge in [-0.2, -0.15) is 0 Å². The first kappa shape index (κ1) is 20.3. The zero-order valence-corrected chi connectivity index (χ0v) is 16.4. The van der Waals surface area contributed by atoms with Gasteiger partial charge in [0.05, 0.1) is 13.5 Å². The summed E-state index contributed by atoms with van der Waals surface area (Å²) in [5.41, 5.74) is 8.67. The summed E-state index contributed by atoms with van der Waals surface area (Å²) in [5.74, 6) is 0.508. The minimum absolute atomic E-state index is 0.0946. The van der Waals surface area contributed by atoms with Gasteiger partial charge in [-0.15, -0.1) is 0 Å². The summed E-state index contributed by atoms with van der Waals surface area (Å²) >= 11 is 0.